The van der Waals surface area contributed by atoms with E-state index in [9.17, 15) is 4.79 Å². The number of nitrogens with zero attached hydrogens (tertiary/aromatic N) is 4. The van der Waals surface area contributed by atoms with E-state index in [4.69, 9.17) is 9.26 Å². The van der Waals surface area contributed by atoms with Gasteiger partial charge in [-0.05, 0) is 24.3 Å². The summed E-state index contributed by atoms with van der Waals surface area (Å²) in [7, 11) is 3.31. The Morgan fingerprint density at radius 3 is 2.74 bits per heavy atom. The first-order valence-corrected chi connectivity index (χ1v) is 9.20. The monoisotopic (exact) mass is 380 g/mol. The highest BCUT2D eigenvalue weighted by Crippen LogP contribution is 2.28. The van der Waals surface area contributed by atoms with Crippen molar-refractivity contribution in [1.82, 2.24) is 19.7 Å². The Bertz CT molecular complexity index is 1170. The molecule has 8 heteroatoms. The van der Waals surface area contributed by atoms with Gasteiger partial charge in [-0.25, -0.2) is 4.98 Å². The van der Waals surface area contributed by atoms with E-state index < -0.39 is 0 Å². The SMILES string of the molecule is COc1ccccc1-c1noc(CSc2nc3ccccc3c(=O)n2C)n1. The van der Waals surface area contributed by atoms with Gasteiger partial charge in [-0.15, -0.1) is 0 Å². The van der Waals surface area contributed by atoms with Crippen molar-refractivity contribution < 1.29 is 9.26 Å². The van der Waals surface area contributed by atoms with Gasteiger partial charge in [0, 0.05) is 7.05 Å². The Labute approximate surface area is 159 Å². The molecule has 0 aliphatic carbocycles. The second-order valence-electron chi connectivity index (χ2n) is 5.78. The maximum absolute atomic E-state index is 12.5. The molecule has 0 amide bonds. The van der Waals surface area contributed by atoms with E-state index >= 15 is 0 Å². The van der Waals surface area contributed by atoms with E-state index in [2.05, 4.69) is 15.1 Å². The Morgan fingerprint density at radius 2 is 1.89 bits per heavy atom. The number of aromatic nitrogens is 4. The average Bonchev–Trinajstić information content (AvgIpc) is 3.18. The highest BCUT2D eigenvalue weighted by molar-refractivity contribution is 7.98. The molecule has 4 rings (SSSR count). The molecule has 0 fully saturated rings. The van der Waals surface area contributed by atoms with Crippen LogP contribution in [-0.2, 0) is 12.8 Å². The van der Waals surface area contributed by atoms with Crippen LogP contribution in [0.5, 0.6) is 5.75 Å². The fourth-order valence-corrected chi connectivity index (χ4v) is 3.51. The van der Waals surface area contributed by atoms with Crippen LogP contribution in [0.4, 0.5) is 0 Å². The van der Waals surface area contributed by atoms with E-state index in [1.54, 1.807) is 20.2 Å². The van der Waals surface area contributed by atoms with Crippen LogP contribution in [0.15, 0.2) is 63.0 Å². The van der Waals surface area contributed by atoms with E-state index in [1.165, 1.54) is 16.3 Å². The second-order valence-corrected chi connectivity index (χ2v) is 6.72. The van der Waals surface area contributed by atoms with Crippen molar-refractivity contribution >= 4 is 22.7 Å². The molecule has 0 saturated carbocycles. The van der Waals surface area contributed by atoms with Gasteiger partial charge in [-0.3, -0.25) is 9.36 Å². The smallest absolute Gasteiger partial charge is 0.261 e. The quantitative estimate of drug-likeness (QED) is 0.388. The van der Waals surface area contributed by atoms with Crippen LogP contribution in [-0.4, -0.2) is 26.8 Å². The number of ether oxygens (including phenoxy) is 1. The first-order chi connectivity index (χ1) is 13.2. The third-order valence-electron chi connectivity index (χ3n) is 4.08. The van der Waals surface area contributed by atoms with Crippen molar-refractivity contribution in [3.8, 4) is 17.1 Å². The summed E-state index contributed by atoms with van der Waals surface area (Å²) >= 11 is 1.37. The summed E-state index contributed by atoms with van der Waals surface area (Å²) in [5.41, 5.74) is 1.35. The molecular weight excluding hydrogens is 364 g/mol. The molecule has 0 unspecified atom stereocenters. The summed E-state index contributed by atoms with van der Waals surface area (Å²) in [5.74, 6) is 1.99. The highest BCUT2D eigenvalue weighted by Gasteiger charge is 2.14. The minimum atomic E-state index is -0.0802. The van der Waals surface area contributed by atoms with Crippen molar-refractivity contribution in [3.63, 3.8) is 0 Å². The van der Waals surface area contributed by atoms with Crippen molar-refractivity contribution in [3.05, 3.63) is 64.8 Å². The summed E-state index contributed by atoms with van der Waals surface area (Å²) in [6, 6.07) is 14.8. The molecule has 2 aromatic carbocycles. The van der Waals surface area contributed by atoms with Gasteiger partial charge in [-0.2, -0.15) is 4.98 Å². The molecule has 4 aromatic rings. The number of fused-ring (bicyclic) bond motifs is 1. The standard InChI is InChI=1S/C19H16N4O3S/c1-23-18(24)12-7-3-5-9-14(12)20-19(23)27-11-16-21-17(22-26-16)13-8-4-6-10-15(13)25-2/h3-10H,11H2,1-2H3. The molecule has 0 aliphatic rings. The van der Waals surface area contributed by atoms with Crippen LogP contribution in [0.2, 0.25) is 0 Å². The van der Waals surface area contributed by atoms with Crippen LogP contribution >= 0.6 is 11.8 Å². The highest BCUT2D eigenvalue weighted by atomic mass is 32.2. The normalized spacial score (nSPS) is 11.0. The summed E-state index contributed by atoms with van der Waals surface area (Å²) in [6.07, 6.45) is 0. The molecular formula is C19H16N4O3S. The summed E-state index contributed by atoms with van der Waals surface area (Å²) in [6.45, 7) is 0. The van der Waals surface area contributed by atoms with Gasteiger partial charge in [0.1, 0.15) is 5.75 Å². The van der Waals surface area contributed by atoms with E-state index in [0.717, 1.165) is 5.56 Å². The van der Waals surface area contributed by atoms with Gasteiger partial charge >= 0.3 is 0 Å². The minimum absolute atomic E-state index is 0.0802. The van der Waals surface area contributed by atoms with Crippen LogP contribution in [0.3, 0.4) is 0 Å². The molecule has 2 aromatic heterocycles. The van der Waals surface area contributed by atoms with E-state index in [1.807, 2.05) is 42.5 Å². The number of thioether (sulfide) groups is 1. The molecule has 0 bridgehead atoms. The van der Waals surface area contributed by atoms with Crippen LogP contribution in [0, 0.1) is 0 Å². The summed E-state index contributed by atoms with van der Waals surface area (Å²) < 4.78 is 12.2. The van der Waals surface area contributed by atoms with Gasteiger partial charge in [0.15, 0.2) is 5.16 Å². The molecule has 0 spiro atoms. The third-order valence-corrected chi connectivity index (χ3v) is 5.10. The topological polar surface area (TPSA) is 83.0 Å². The zero-order valence-electron chi connectivity index (χ0n) is 14.7. The maximum Gasteiger partial charge on any atom is 0.261 e. The Kier molecular flexibility index (Phi) is 4.64. The van der Waals surface area contributed by atoms with Gasteiger partial charge in [0.05, 0.1) is 29.3 Å². The lowest BCUT2D eigenvalue weighted by molar-refractivity contribution is 0.390. The summed E-state index contributed by atoms with van der Waals surface area (Å²) in [4.78, 5) is 21.4. The largest absolute Gasteiger partial charge is 0.496 e. The van der Waals surface area contributed by atoms with Gasteiger partial charge in [0.25, 0.3) is 5.56 Å². The Hall–Kier alpha value is -3.13. The lowest BCUT2D eigenvalue weighted by Gasteiger charge is -2.07. The predicted molar refractivity (Wildman–Crippen MR) is 103 cm³/mol. The maximum atomic E-state index is 12.5. The zero-order chi connectivity index (χ0) is 18.8. The summed E-state index contributed by atoms with van der Waals surface area (Å²) in [5, 5.41) is 5.22. The van der Waals surface area contributed by atoms with Crippen LogP contribution in [0.1, 0.15) is 5.89 Å². The van der Waals surface area contributed by atoms with Gasteiger partial charge in [0.2, 0.25) is 11.7 Å². The minimum Gasteiger partial charge on any atom is -0.496 e. The fraction of sp³-hybridized carbons (Fsp3) is 0.158. The predicted octanol–water partition coefficient (Wildman–Crippen LogP) is 3.28. The molecule has 2 heterocycles. The van der Waals surface area contributed by atoms with Gasteiger partial charge < -0.3 is 9.26 Å². The lowest BCUT2D eigenvalue weighted by atomic mass is 10.2. The molecule has 7 nitrogen and oxygen atoms in total. The van der Waals surface area contributed by atoms with Crippen LogP contribution < -0.4 is 10.3 Å². The second kappa shape index (κ2) is 7.24. The molecule has 0 N–H and O–H groups in total. The van der Waals surface area contributed by atoms with Crippen molar-refractivity contribution in [2.75, 3.05) is 7.11 Å². The fourth-order valence-electron chi connectivity index (χ4n) is 2.71. The van der Waals surface area contributed by atoms with E-state index in [0.29, 0.717) is 39.3 Å². The number of methoxy groups -OCH3 is 1. The Morgan fingerprint density at radius 1 is 1.11 bits per heavy atom. The number of benzene rings is 2. The molecule has 0 aliphatic heterocycles. The average molecular weight is 380 g/mol. The molecule has 0 saturated heterocycles. The van der Waals surface area contributed by atoms with E-state index in [-0.39, 0.29) is 5.56 Å². The van der Waals surface area contributed by atoms with Crippen molar-refractivity contribution in [2.45, 2.75) is 10.9 Å². The number of rotatable bonds is 5. The first kappa shape index (κ1) is 17.3. The van der Waals surface area contributed by atoms with Crippen molar-refractivity contribution in [1.29, 1.82) is 0 Å². The van der Waals surface area contributed by atoms with Crippen molar-refractivity contribution in [2.24, 2.45) is 7.05 Å². The van der Waals surface area contributed by atoms with Gasteiger partial charge in [-0.1, -0.05) is 41.2 Å². The number of hydrogen-bond donors (Lipinski definition) is 0. The number of para-hydroxylation sites is 2. The third kappa shape index (κ3) is 3.31. The Balaban J connectivity index is 1.58. The number of hydrogen-bond acceptors (Lipinski definition) is 7. The van der Waals surface area contributed by atoms with Crippen LogP contribution in [0.25, 0.3) is 22.3 Å². The zero-order valence-corrected chi connectivity index (χ0v) is 15.6. The molecule has 27 heavy (non-hydrogen) atoms. The first-order valence-electron chi connectivity index (χ1n) is 8.22. The molecule has 136 valence electrons. The molecule has 0 radical (unpaired) electrons. The molecule has 0 atom stereocenters. The lowest BCUT2D eigenvalue weighted by Crippen LogP contribution is -2.19.